The third kappa shape index (κ3) is 5.81. The molecule has 0 fully saturated rings. The molecule has 1 amide bonds. The first-order valence-electron chi connectivity index (χ1n) is 7.14. The summed E-state index contributed by atoms with van der Waals surface area (Å²) in [5, 5.41) is 0. The molecule has 0 aromatic heterocycles. The van der Waals surface area contributed by atoms with Crippen molar-refractivity contribution in [1.29, 1.82) is 0 Å². The number of ether oxygens (including phenoxy) is 1. The van der Waals surface area contributed by atoms with Gasteiger partial charge >= 0.3 is 0 Å². The van der Waals surface area contributed by atoms with E-state index in [2.05, 4.69) is 4.90 Å². The normalized spacial score (nSPS) is 11.0. The summed E-state index contributed by atoms with van der Waals surface area (Å²) < 4.78 is 18.2. The smallest absolute Gasteiger partial charge is 0.254 e. The van der Waals surface area contributed by atoms with Crippen LogP contribution in [-0.2, 0) is 4.74 Å². The molecule has 0 radical (unpaired) electrons. The minimum absolute atomic E-state index is 0.0664. The monoisotopic (exact) mass is 296 g/mol. The van der Waals surface area contributed by atoms with E-state index in [4.69, 9.17) is 4.74 Å². The third-order valence-electron chi connectivity index (χ3n) is 3.30. The summed E-state index contributed by atoms with van der Waals surface area (Å²) in [6, 6.07) is 4.27. The second kappa shape index (κ2) is 8.74. The van der Waals surface area contributed by atoms with E-state index in [1.165, 1.54) is 12.1 Å². The molecule has 118 valence electrons. The van der Waals surface area contributed by atoms with E-state index in [9.17, 15) is 9.18 Å². The van der Waals surface area contributed by atoms with Gasteiger partial charge in [-0.25, -0.2) is 4.39 Å². The van der Waals surface area contributed by atoms with Crippen LogP contribution in [0.5, 0.6) is 0 Å². The SMILES string of the molecule is COCCN(CCCN(C)C)C(=O)c1ccc(F)cc1C. The number of hydrogen-bond donors (Lipinski definition) is 0. The van der Waals surface area contributed by atoms with Crippen molar-refractivity contribution in [3.8, 4) is 0 Å². The van der Waals surface area contributed by atoms with E-state index in [0.717, 1.165) is 13.0 Å². The van der Waals surface area contributed by atoms with E-state index in [0.29, 0.717) is 30.8 Å². The average Bonchev–Trinajstić information content (AvgIpc) is 2.41. The van der Waals surface area contributed by atoms with Gasteiger partial charge in [0.1, 0.15) is 5.82 Å². The summed E-state index contributed by atoms with van der Waals surface area (Å²) in [5.74, 6) is -0.386. The Labute approximate surface area is 126 Å². The van der Waals surface area contributed by atoms with Crippen LogP contribution in [0, 0.1) is 12.7 Å². The zero-order chi connectivity index (χ0) is 15.8. The highest BCUT2D eigenvalue weighted by Crippen LogP contribution is 2.13. The van der Waals surface area contributed by atoms with Crippen LogP contribution >= 0.6 is 0 Å². The molecule has 0 aliphatic heterocycles. The van der Waals surface area contributed by atoms with Crippen molar-refractivity contribution in [2.45, 2.75) is 13.3 Å². The number of carbonyl (C=O) groups is 1. The molecule has 0 saturated carbocycles. The van der Waals surface area contributed by atoms with Crippen molar-refractivity contribution in [1.82, 2.24) is 9.80 Å². The molecule has 0 bridgehead atoms. The van der Waals surface area contributed by atoms with E-state index in [1.807, 2.05) is 14.1 Å². The maximum absolute atomic E-state index is 13.2. The van der Waals surface area contributed by atoms with Gasteiger partial charge in [0.05, 0.1) is 6.61 Å². The van der Waals surface area contributed by atoms with Gasteiger partial charge in [-0.2, -0.15) is 0 Å². The number of methoxy groups -OCH3 is 1. The van der Waals surface area contributed by atoms with Crippen LogP contribution in [0.1, 0.15) is 22.3 Å². The van der Waals surface area contributed by atoms with Gasteiger partial charge < -0.3 is 14.5 Å². The van der Waals surface area contributed by atoms with E-state index in [-0.39, 0.29) is 11.7 Å². The number of hydrogen-bond acceptors (Lipinski definition) is 3. The van der Waals surface area contributed by atoms with Crippen molar-refractivity contribution >= 4 is 5.91 Å². The zero-order valence-electron chi connectivity index (χ0n) is 13.4. The summed E-state index contributed by atoms with van der Waals surface area (Å²) in [6.45, 7) is 4.37. The first-order chi connectivity index (χ1) is 9.95. The molecule has 0 heterocycles. The van der Waals surface area contributed by atoms with Crippen molar-refractivity contribution in [3.63, 3.8) is 0 Å². The van der Waals surface area contributed by atoms with Gasteiger partial charge in [0.2, 0.25) is 0 Å². The molecule has 0 aliphatic carbocycles. The van der Waals surface area contributed by atoms with Gasteiger partial charge in [-0.1, -0.05) is 0 Å². The molecule has 0 aliphatic rings. The molecule has 1 rings (SSSR count). The number of amides is 1. The lowest BCUT2D eigenvalue weighted by Gasteiger charge is -2.24. The van der Waals surface area contributed by atoms with Crippen LogP contribution < -0.4 is 0 Å². The summed E-state index contributed by atoms with van der Waals surface area (Å²) in [7, 11) is 5.63. The predicted octanol–water partition coefficient (Wildman–Crippen LogP) is 2.17. The van der Waals surface area contributed by atoms with Crippen molar-refractivity contribution in [3.05, 3.63) is 35.1 Å². The summed E-state index contributed by atoms with van der Waals surface area (Å²) in [6.07, 6.45) is 0.892. The lowest BCUT2D eigenvalue weighted by atomic mass is 10.1. The average molecular weight is 296 g/mol. The molecule has 0 unspecified atom stereocenters. The Kier molecular flexibility index (Phi) is 7.32. The Morgan fingerprint density at radius 2 is 1.95 bits per heavy atom. The summed E-state index contributed by atoms with van der Waals surface area (Å²) in [5.41, 5.74) is 1.22. The third-order valence-corrected chi connectivity index (χ3v) is 3.30. The minimum atomic E-state index is -0.319. The van der Waals surface area contributed by atoms with Crippen LogP contribution in [0.2, 0.25) is 0 Å². The standard InChI is InChI=1S/C16H25FN2O2/c1-13-12-14(17)6-7-15(13)16(20)19(10-11-21-4)9-5-8-18(2)3/h6-7,12H,5,8-11H2,1-4H3. The Balaban J connectivity index is 2.77. The van der Waals surface area contributed by atoms with Gasteiger partial charge in [0.15, 0.2) is 0 Å². The minimum Gasteiger partial charge on any atom is -0.383 e. The molecule has 1 aromatic rings. The zero-order valence-corrected chi connectivity index (χ0v) is 13.4. The first kappa shape index (κ1) is 17.6. The predicted molar refractivity (Wildman–Crippen MR) is 82.1 cm³/mol. The lowest BCUT2D eigenvalue weighted by molar-refractivity contribution is 0.0688. The number of halogens is 1. The number of aryl methyl sites for hydroxylation is 1. The van der Waals surface area contributed by atoms with Crippen molar-refractivity contribution in [2.75, 3.05) is 47.4 Å². The van der Waals surface area contributed by atoms with E-state index >= 15 is 0 Å². The second-order valence-corrected chi connectivity index (χ2v) is 5.40. The van der Waals surface area contributed by atoms with Crippen LogP contribution in [0.15, 0.2) is 18.2 Å². The fraction of sp³-hybridized carbons (Fsp3) is 0.562. The molecule has 4 nitrogen and oxygen atoms in total. The van der Waals surface area contributed by atoms with Gasteiger partial charge in [-0.15, -0.1) is 0 Å². The quantitative estimate of drug-likeness (QED) is 0.737. The maximum Gasteiger partial charge on any atom is 0.254 e. The number of benzene rings is 1. The highest BCUT2D eigenvalue weighted by atomic mass is 19.1. The molecular formula is C16H25FN2O2. The first-order valence-corrected chi connectivity index (χ1v) is 7.14. The molecule has 0 atom stereocenters. The highest BCUT2D eigenvalue weighted by molar-refractivity contribution is 5.95. The topological polar surface area (TPSA) is 32.8 Å². The van der Waals surface area contributed by atoms with Gasteiger partial charge in [0.25, 0.3) is 5.91 Å². The Morgan fingerprint density at radius 3 is 2.52 bits per heavy atom. The van der Waals surface area contributed by atoms with Crippen LogP contribution in [-0.4, -0.2) is 63.2 Å². The Hall–Kier alpha value is -1.46. The molecule has 5 heteroatoms. The van der Waals surface area contributed by atoms with Gasteiger partial charge in [-0.3, -0.25) is 4.79 Å². The van der Waals surface area contributed by atoms with Crippen LogP contribution in [0.4, 0.5) is 4.39 Å². The summed E-state index contributed by atoms with van der Waals surface area (Å²) in [4.78, 5) is 16.4. The number of carbonyl (C=O) groups excluding carboxylic acids is 1. The van der Waals surface area contributed by atoms with E-state index < -0.39 is 0 Å². The molecule has 0 N–H and O–H groups in total. The maximum atomic E-state index is 13.2. The molecule has 21 heavy (non-hydrogen) atoms. The summed E-state index contributed by atoms with van der Waals surface area (Å²) >= 11 is 0. The largest absolute Gasteiger partial charge is 0.383 e. The van der Waals surface area contributed by atoms with Gasteiger partial charge in [-0.05, 0) is 57.7 Å². The van der Waals surface area contributed by atoms with Crippen LogP contribution in [0.3, 0.4) is 0 Å². The Morgan fingerprint density at radius 1 is 1.24 bits per heavy atom. The fourth-order valence-electron chi connectivity index (χ4n) is 2.13. The highest BCUT2D eigenvalue weighted by Gasteiger charge is 2.17. The molecule has 0 spiro atoms. The lowest BCUT2D eigenvalue weighted by Crippen LogP contribution is -2.36. The van der Waals surface area contributed by atoms with Crippen molar-refractivity contribution in [2.24, 2.45) is 0 Å². The molecule has 0 saturated heterocycles. The molecular weight excluding hydrogens is 271 g/mol. The number of nitrogens with zero attached hydrogens (tertiary/aromatic N) is 2. The number of rotatable bonds is 8. The molecule has 1 aromatic carbocycles. The fourth-order valence-corrected chi connectivity index (χ4v) is 2.13. The van der Waals surface area contributed by atoms with E-state index in [1.54, 1.807) is 25.0 Å². The van der Waals surface area contributed by atoms with Crippen molar-refractivity contribution < 1.29 is 13.9 Å². The second-order valence-electron chi connectivity index (χ2n) is 5.40. The Bertz CT molecular complexity index is 464. The van der Waals surface area contributed by atoms with Gasteiger partial charge in [0, 0.05) is 25.8 Å². The van der Waals surface area contributed by atoms with Crippen LogP contribution in [0.25, 0.3) is 0 Å².